The van der Waals surface area contributed by atoms with Crippen LogP contribution < -0.4 is 15.0 Å². The number of carbonyl (C=O) groups excluding carboxylic acids is 3. The van der Waals surface area contributed by atoms with Crippen molar-refractivity contribution in [3.05, 3.63) is 53.6 Å². The number of hydrogen-bond acceptors (Lipinski definition) is 5. The van der Waals surface area contributed by atoms with Gasteiger partial charge in [0.1, 0.15) is 5.75 Å². The average Bonchev–Trinajstić information content (AvgIpc) is 3.14. The molecule has 1 N–H and O–H groups in total. The number of amides is 2. The summed E-state index contributed by atoms with van der Waals surface area (Å²) in [6.45, 7) is 3.77. The quantitative estimate of drug-likeness (QED) is 0.709. The van der Waals surface area contributed by atoms with Crippen molar-refractivity contribution < 1.29 is 23.9 Å². The van der Waals surface area contributed by atoms with Crippen LogP contribution in [-0.4, -0.2) is 38.0 Å². The van der Waals surface area contributed by atoms with E-state index in [1.807, 2.05) is 31.2 Å². The van der Waals surface area contributed by atoms with Crippen LogP contribution in [-0.2, 0) is 25.5 Å². The molecule has 1 fully saturated rings. The molecule has 1 atom stereocenters. The number of hydrogen-bond donors (Lipinski definition) is 1. The molecule has 3 rings (SSSR count). The molecule has 0 bridgehead atoms. The highest BCUT2D eigenvalue weighted by Crippen LogP contribution is 2.34. The molecule has 0 saturated carbocycles. The van der Waals surface area contributed by atoms with Crippen molar-refractivity contribution in [2.45, 2.75) is 26.7 Å². The van der Waals surface area contributed by atoms with Gasteiger partial charge in [0.2, 0.25) is 5.91 Å². The molecule has 1 aliphatic rings. The lowest BCUT2D eigenvalue weighted by molar-refractivity contribution is -0.151. The first-order valence-electron chi connectivity index (χ1n) is 9.91. The highest BCUT2D eigenvalue weighted by Gasteiger charge is 2.37. The minimum absolute atomic E-state index is 0.0377. The zero-order valence-electron chi connectivity index (χ0n) is 17.4. The first kappa shape index (κ1) is 21.4. The molecule has 0 spiro atoms. The fourth-order valence-corrected chi connectivity index (χ4v) is 3.38. The van der Waals surface area contributed by atoms with E-state index in [-0.39, 0.29) is 18.9 Å². The Balaban J connectivity index is 1.55. The second-order valence-electron chi connectivity index (χ2n) is 7.29. The number of nitrogens with zero attached hydrogens (tertiary/aromatic N) is 1. The Morgan fingerprint density at radius 3 is 2.57 bits per heavy atom. The molecule has 7 nitrogen and oxygen atoms in total. The number of carbonyl (C=O) groups is 3. The van der Waals surface area contributed by atoms with Gasteiger partial charge in [0, 0.05) is 18.7 Å². The molecule has 1 heterocycles. The monoisotopic (exact) mass is 410 g/mol. The molecular formula is C23H26N2O5. The Morgan fingerprint density at radius 1 is 1.17 bits per heavy atom. The number of methoxy groups -OCH3 is 1. The molecule has 2 aromatic carbocycles. The van der Waals surface area contributed by atoms with Gasteiger partial charge in [-0.05, 0) is 48.7 Å². The number of nitrogens with one attached hydrogen (secondary N) is 1. The van der Waals surface area contributed by atoms with Crippen molar-refractivity contribution in [1.29, 1.82) is 0 Å². The van der Waals surface area contributed by atoms with Crippen LogP contribution in [0.4, 0.5) is 11.4 Å². The Morgan fingerprint density at radius 2 is 1.90 bits per heavy atom. The van der Waals surface area contributed by atoms with E-state index in [1.165, 1.54) is 17.6 Å². The van der Waals surface area contributed by atoms with Crippen LogP contribution in [0.1, 0.15) is 24.5 Å². The highest BCUT2D eigenvalue weighted by atomic mass is 16.5. The van der Waals surface area contributed by atoms with Crippen LogP contribution in [0.2, 0.25) is 0 Å². The standard InChI is InChI=1S/C23H26N2O5/c1-4-16-6-8-18(9-7-16)24-21(26)14-30-23(28)17-12-22(27)25(13-17)19-11-15(2)5-10-20(19)29-3/h5-11,17H,4,12-14H2,1-3H3,(H,24,26)/t17-/m1/s1. The summed E-state index contributed by atoms with van der Waals surface area (Å²) in [5.41, 5.74) is 3.42. The van der Waals surface area contributed by atoms with Gasteiger partial charge in [0.05, 0.1) is 18.7 Å². The molecule has 2 aromatic rings. The molecule has 1 aliphatic heterocycles. The third-order valence-electron chi connectivity index (χ3n) is 5.07. The smallest absolute Gasteiger partial charge is 0.311 e. The van der Waals surface area contributed by atoms with E-state index in [9.17, 15) is 14.4 Å². The fourth-order valence-electron chi connectivity index (χ4n) is 3.38. The van der Waals surface area contributed by atoms with E-state index in [2.05, 4.69) is 12.2 Å². The van der Waals surface area contributed by atoms with Crippen molar-refractivity contribution in [1.82, 2.24) is 0 Å². The predicted octanol–water partition coefficient (Wildman–Crippen LogP) is 3.10. The second kappa shape index (κ2) is 9.43. The van der Waals surface area contributed by atoms with E-state index < -0.39 is 24.4 Å². The van der Waals surface area contributed by atoms with Crippen molar-refractivity contribution in [3.8, 4) is 5.75 Å². The number of rotatable bonds is 7. The van der Waals surface area contributed by atoms with Crippen molar-refractivity contribution in [2.75, 3.05) is 30.5 Å². The maximum atomic E-state index is 12.5. The molecule has 7 heteroatoms. The molecule has 158 valence electrons. The van der Waals surface area contributed by atoms with Crippen LogP contribution in [0.3, 0.4) is 0 Å². The minimum atomic E-state index is -0.626. The van der Waals surface area contributed by atoms with Gasteiger partial charge in [0.15, 0.2) is 6.61 Å². The summed E-state index contributed by atoms with van der Waals surface area (Å²) >= 11 is 0. The summed E-state index contributed by atoms with van der Waals surface area (Å²) in [4.78, 5) is 38.5. The summed E-state index contributed by atoms with van der Waals surface area (Å²) in [7, 11) is 1.54. The number of benzene rings is 2. The van der Waals surface area contributed by atoms with Gasteiger partial charge in [-0.1, -0.05) is 25.1 Å². The molecule has 30 heavy (non-hydrogen) atoms. The molecule has 2 amide bonds. The summed E-state index contributed by atoms with van der Waals surface area (Å²) < 4.78 is 10.5. The lowest BCUT2D eigenvalue weighted by Crippen LogP contribution is -2.28. The average molecular weight is 410 g/mol. The molecule has 0 unspecified atom stereocenters. The zero-order valence-corrected chi connectivity index (χ0v) is 17.4. The molecule has 1 saturated heterocycles. The van der Waals surface area contributed by atoms with E-state index >= 15 is 0 Å². The molecule has 0 aromatic heterocycles. The number of ether oxygens (including phenoxy) is 2. The molecule has 0 aliphatic carbocycles. The molecular weight excluding hydrogens is 384 g/mol. The first-order valence-corrected chi connectivity index (χ1v) is 9.91. The summed E-state index contributed by atoms with van der Waals surface area (Å²) in [6.07, 6.45) is 0.952. The third kappa shape index (κ3) is 4.97. The van der Waals surface area contributed by atoms with Gasteiger partial charge in [0.25, 0.3) is 5.91 Å². The van der Waals surface area contributed by atoms with Crippen molar-refractivity contribution >= 4 is 29.2 Å². The SMILES string of the molecule is CCc1ccc(NC(=O)COC(=O)[C@@H]2CC(=O)N(c3cc(C)ccc3OC)C2)cc1. The van der Waals surface area contributed by atoms with Gasteiger partial charge in [-0.2, -0.15) is 0 Å². The predicted molar refractivity (Wildman–Crippen MR) is 114 cm³/mol. The van der Waals surface area contributed by atoms with Crippen molar-refractivity contribution in [3.63, 3.8) is 0 Å². The van der Waals surface area contributed by atoms with Gasteiger partial charge < -0.3 is 19.7 Å². The van der Waals surface area contributed by atoms with E-state index in [0.29, 0.717) is 17.1 Å². The number of anilines is 2. The summed E-state index contributed by atoms with van der Waals surface area (Å²) in [5, 5.41) is 2.69. The van der Waals surface area contributed by atoms with Crippen molar-refractivity contribution in [2.24, 2.45) is 5.92 Å². The van der Waals surface area contributed by atoms with Crippen LogP contribution in [0.5, 0.6) is 5.75 Å². The second-order valence-corrected chi connectivity index (χ2v) is 7.29. The Labute approximate surface area is 176 Å². The Bertz CT molecular complexity index is 939. The molecule has 0 radical (unpaired) electrons. The van der Waals surface area contributed by atoms with E-state index in [0.717, 1.165) is 12.0 Å². The normalized spacial score (nSPS) is 15.8. The topological polar surface area (TPSA) is 84.9 Å². The van der Waals surface area contributed by atoms with Crippen LogP contribution in [0.25, 0.3) is 0 Å². The van der Waals surface area contributed by atoms with Gasteiger partial charge in [-0.15, -0.1) is 0 Å². The first-order chi connectivity index (χ1) is 14.4. The Hall–Kier alpha value is -3.35. The maximum Gasteiger partial charge on any atom is 0.311 e. The van der Waals surface area contributed by atoms with Gasteiger partial charge in [-0.25, -0.2) is 0 Å². The van der Waals surface area contributed by atoms with Gasteiger partial charge >= 0.3 is 5.97 Å². The number of aryl methyl sites for hydroxylation is 2. The summed E-state index contributed by atoms with van der Waals surface area (Å²) in [5.74, 6) is -1.22. The summed E-state index contributed by atoms with van der Waals surface area (Å²) in [6, 6.07) is 13.0. The third-order valence-corrected chi connectivity index (χ3v) is 5.07. The van der Waals surface area contributed by atoms with Crippen LogP contribution >= 0.6 is 0 Å². The lowest BCUT2D eigenvalue weighted by atomic mass is 10.1. The Kier molecular flexibility index (Phi) is 6.72. The lowest BCUT2D eigenvalue weighted by Gasteiger charge is -2.20. The van der Waals surface area contributed by atoms with Crippen LogP contribution in [0, 0.1) is 12.8 Å². The van der Waals surface area contributed by atoms with E-state index in [1.54, 1.807) is 18.2 Å². The largest absolute Gasteiger partial charge is 0.495 e. The highest BCUT2D eigenvalue weighted by molar-refractivity contribution is 6.01. The maximum absolute atomic E-state index is 12.5. The minimum Gasteiger partial charge on any atom is -0.495 e. The van der Waals surface area contributed by atoms with Gasteiger partial charge in [-0.3, -0.25) is 14.4 Å². The fraction of sp³-hybridized carbons (Fsp3) is 0.348. The van der Waals surface area contributed by atoms with Crippen LogP contribution in [0.15, 0.2) is 42.5 Å². The number of esters is 1. The zero-order chi connectivity index (χ0) is 21.7. The van der Waals surface area contributed by atoms with E-state index in [4.69, 9.17) is 9.47 Å².